The third kappa shape index (κ3) is 3.47. The van der Waals surface area contributed by atoms with Gasteiger partial charge in [-0.15, -0.1) is 0 Å². The summed E-state index contributed by atoms with van der Waals surface area (Å²) in [5.41, 5.74) is 7.18. The second-order valence-electron chi connectivity index (χ2n) is 7.81. The second-order valence-corrected chi connectivity index (χ2v) is 8.59. The Hall–Kier alpha value is -3.48. The number of fused-ring (bicyclic) bond motifs is 1. The number of pyridine rings is 1. The molecule has 2 aromatic carbocycles. The number of hydrogen-bond acceptors (Lipinski definition) is 5. The Morgan fingerprint density at radius 1 is 0.781 bits per heavy atom. The number of para-hydroxylation sites is 1. The topological polar surface area (TPSA) is 43.2 Å². The first kappa shape index (κ1) is 19.2. The minimum atomic E-state index is 0.774. The summed E-state index contributed by atoms with van der Waals surface area (Å²) in [5, 5.41) is 4.22. The highest BCUT2D eigenvalue weighted by atomic mass is 32.1. The Morgan fingerprint density at radius 2 is 1.62 bits per heavy atom. The van der Waals surface area contributed by atoms with Crippen molar-refractivity contribution in [1.29, 1.82) is 0 Å². The van der Waals surface area contributed by atoms with E-state index >= 15 is 0 Å². The van der Waals surface area contributed by atoms with Crippen LogP contribution in [0.4, 0.5) is 5.69 Å². The van der Waals surface area contributed by atoms with Crippen molar-refractivity contribution >= 4 is 28.2 Å². The molecule has 0 radical (unpaired) electrons. The number of nitrogens with zero attached hydrogens (tertiary/aromatic N) is 4. The lowest BCUT2D eigenvalue weighted by molar-refractivity contribution is 0.122. The van der Waals surface area contributed by atoms with Gasteiger partial charge in [-0.1, -0.05) is 30.3 Å². The normalized spacial score (nSPS) is 14.2. The van der Waals surface area contributed by atoms with Crippen LogP contribution in [-0.2, 0) is 4.74 Å². The van der Waals surface area contributed by atoms with Crippen molar-refractivity contribution in [1.82, 2.24) is 14.5 Å². The summed E-state index contributed by atoms with van der Waals surface area (Å²) in [6, 6.07) is 25.2. The zero-order chi connectivity index (χ0) is 21.3. The molecule has 1 fully saturated rings. The van der Waals surface area contributed by atoms with Crippen LogP contribution < -0.4 is 4.90 Å². The predicted octanol–water partition coefficient (Wildman–Crippen LogP) is 5.65. The first-order valence-electron chi connectivity index (χ1n) is 10.8. The Morgan fingerprint density at radius 3 is 2.44 bits per heavy atom. The van der Waals surface area contributed by atoms with E-state index in [-0.39, 0.29) is 0 Å². The number of ether oxygens (including phenoxy) is 1. The highest BCUT2D eigenvalue weighted by molar-refractivity contribution is 7.08. The van der Waals surface area contributed by atoms with Crippen molar-refractivity contribution in [3.8, 4) is 28.3 Å². The van der Waals surface area contributed by atoms with E-state index in [9.17, 15) is 0 Å². The van der Waals surface area contributed by atoms with E-state index in [4.69, 9.17) is 14.7 Å². The fourth-order valence-corrected chi connectivity index (χ4v) is 4.84. The molecular formula is C26H22N4OS. The minimum Gasteiger partial charge on any atom is -0.378 e. The van der Waals surface area contributed by atoms with Crippen LogP contribution in [0.5, 0.6) is 0 Å². The Balaban J connectivity index is 1.49. The van der Waals surface area contributed by atoms with Crippen LogP contribution in [0.15, 0.2) is 83.6 Å². The van der Waals surface area contributed by atoms with Gasteiger partial charge in [0.05, 0.1) is 18.9 Å². The van der Waals surface area contributed by atoms with Crippen LogP contribution >= 0.6 is 11.3 Å². The summed E-state index contributed by atoms with van der Waals surface area (Å²) in [6.45, 7) is 3.38. The summed E-state index contributed by atoms with van der Waals surface area (Å²) >= 11 is 1.68. The molecule has 158 valence electrons. The second kappa shape index (κ2) is 8.22. The fourth-order valence-electron chi connectivity index (χ4n) is 4.21. The molecule has 0 amide bonds. The van der Waals surface area contributed by atoms with Crippen molar-refractivity contribution in [2.24, 2.45) is 0 Å². The average Bonchev–Trinajstić information content (AvgIpc) is 3.53. The van der Waals surface area contributed by atoms with E-state index in [2.05, 4.69) is 74.8 Å². The number of thiophene rings is 1. The smallest absolute Gasteiger partial charge is 0.165 e. The summed E-state index contributed by atoms with van der Waals surface area (Å²) < 4.78 is 7.67. The van der Waals surface area contributed by atoms with Crippen LogP contribution in [-0.4, -0.2) is 40.8 Å². The van der Waals surface area contributed by atoms with E-state index in [1.165, 1.54) is 5.69 Å². The quantitative estimate of drug-likeness (QED) is 0.364. The van der Waals surface area contributed by atoms with Gasteiger partial charge in [-0.3, -0.25) is 4.57 Å². The predicted molar refractivity (Wildman–Crippen MR) is 131 cm³/mol. The van der Waals surface area contributed by atoms with Crippen molar-refractivity contribution in [3.05, 3.63) is 83.6 Å². The Bertz CT molecular complexity index is 1360. The lowest BCUT2D eigenvalue weighted by atomic mass is 10.1. The Labute approximate surface area is 190 Å². The molecule has 0 saturated carbocycles. The van der Waals surface area contributed by atoms with E-state index in [1.807, 2.05) is 18.2 Å². The van der Waals surface area contributed by atoms with Gasteiger partial charge in [0.2, 0.25) is 0 Å². The van der Waals surface area contributed by atoms with Gasteiger partial charge in [0.1, 0.15) is 11.3 Å². The third-order valence-corrected chi connectivity index (χ3v) is 6.50. The molecule has 6 rings (SSSR count). The van der Waals surface area contributed by atoms with Crippen LogP contribution in [0.1, 0.15) is 0 Å². The first-order valence-corrected chi connectivity index (χ1v) is 11.7. The molecule has 3 aromatic heterocycles. The van der Waals surface area contributed by atoms with Gasteiger partial charge in [0.15, 0.2) is 5.65 Å². The largest absolute Gasteiger partial charge is 0.378 e. The molecule has 4 heterocycles. The summed E-state index contributed by atoms with van der Waals surface area (Å²) in [4.78, 5) is 12.4. The molecular weight excluding hydrogens is 416 g/mol. The molecule has 0 bridgehead atoms. The molecule has 1 aliphatic rings. The maximum Gasteiger partial charge on any atom is 0.165 e. The lowest BCUT2D eigenvalue weighted by Crippen LogP contribution is -2.36. The lowest BCUT2D eigenvalue weighted by Gasteiger charge is -2.29. The summed E-state index contributed by atoms with van der Waals surface area (Å²) in [7, 11) is 0. The average molecular weight is 439 g/mol. The fraction of sp³-hybridized carbons (Fsp3) is 0.154. The van der Waals surface area contributed by atoms with Crippen LogP contribution in [0.3, 0.4) is 0 Å². The van der Waals surface area contributed by atoms with Crippen LogP contribution in [0.2, 0.25) is 0 Å². The standard InChI is InChI=1S/C26H22N4OS/c1-2-6-21(7-3-1)30-25(20-11-16-32-18-20)28-24-10-9-23(27-26(24)30)19-5-4-8-22(17-19)29-12-14-31-15-13-29/h1-11,16-18H,12-15H2. The molecule has 0 aliphatic carbocycles. The van der Waals surface area contributed by atoms with Gasteiger partial charge < -0.3 is 9.64 Å². The molecule has 0 N–H and O–H groups in total. The van der Waals surface area contributed by atoms with E-state index < -0.39 is 0 Å². The van der Waals surface area contributed by atoms with E-state index in [0.717, 1.165) is 65.8 Å². The molecule has 0 spiro atoms. The van der Waals surface area contributed by atoms with Crippen molar-refractivity contribution in [2.75, 3.05) is 31.2 Å². The number of morpholine rings is 1. The number of benzene rings is 2. The highest BCUT2D eigenvalue weighted by Crippen LogP contribution is 2.31. The maximum absolute atomic E-state index is 5.51. The number of aromatic nitrogens is 3. The molecule has 1 saturated heterocycles. The van der Waals surface area contributed by atoms with Gasteiger partial charge in [0.25, 0.3) is 0 Å². The number of hydrogen-bond donors (Lipinski definition) is 0. The minimum absolute atomic E-state index is 0.774. The summed E-state index contributed by atoms with van der Waals surface area (Å²) in [6.07, 6.45) is 0. The molecule has 0 unspecified atom stereocenters. The highest BCUT2D eigenvalue weighted by Gasteiger charge is 2.17. The molecule has 1 aliphatic heterocycles. The van der Waals surface area contributed by atoms with Crippen LogP contribution in [0.25, 0.3) is 39.5 Å². The first-order chi connectivity index (χ1) is 15.9. The van der Waals surface area contributed by atoms with Gasteiger partial charge in [-0.2, -0.15) is 11.3 Å². The summed E-state index contributed by atoms with van der Waals surface area (Å²) in [5.74, 6) is 0.916. The molecule has 5 nitrogen and oxygen atoms in total. The van der Waals surface area contributed by atoms with Gasteiger partial charge in [-0.05, 0) is 47.8 Å². The number of rotatable bonds is 4. The zero-order valence-corrected chi connectivity index (χ0v) is 18.3. The van der Waals surface area contributed by atoms with E-state index in [0.29, 0.717) is 0 Å². The van der Waals surface area contributed by atoms with Crippen LogP contribution in [0, 0.1) is 0 Å². The third-order valence-electron chi connectivity index (χ3n) is 5.82. The van der Waals surface area contributed by atoms with Crippen molar-refractivity contribution < 1.29 is 4.74 Å². The molecule has 32 heavy (non-hydrogen) atoms. The Kier molecular flexibility index (Phi) is 4.94. The van der Waals surface area contributed by atoms with Gasteiger partial charge in [-0.25, -0.2) is 9.97 Å². The SMILES string of the molecule is c1ccc(-n2c(-c3ccsc3)nc3ccc(-c4cccc(N5CCOCC5)c4)nc32)cc1. The number of anilines is 1. The van der Waals surface area contributed by atoms with Gasteiger partial charge >= 0.3 is 0 Å². The van der Waals surface area contributed by atoms with E-state index in [1.54, 1.807) is 11.3 Å². The molecule has 6 heteroatoms. The molecule has 0 atom stereocenters. The number of imidazole rings is 1. The van der Waals surface area contributed by atoms with Crippen molar-refractivity contribution in [2.45, 2.75) is 0 Å². The maximum atomic E-state index is 5.51. The zero-order valence-electron chi connectivity index (χ0n) is 17.5. The monoisotopic (exact) mass is 438 g/mol. The van der Waals surface area contributed by atoms with Crippen molar-refractivity contribution in [3.63, 3.8) is 0 Å². The van der Waals surface area contributed by atoms with Gasteiger partial charge in [0, 0.05) is 41.0 Å². The molecule has 5 aromatic rings.